The van der Waals surface area contributed by atoms with Gasteiger partial charge in [-0.15, -0.1) is 0 Å². The topological polar surface area (TPSA) is 101 Å². The third-order valence-corrected chi connectivity index (χ3v) is 10.7. The van der Waals surface area contributed by atoms with Gasteiger partial charge in [-0.1, -0.05) is 18.7 Å². The highest BCUT2D eigenvalue weighted by atomic mass is 16.5. The molecule has 4 aliphatic rings. The molecule has 0 amide bonds. The zero-order chi connectivity index (χ0) is 31.5. The van der Waals surface area contributed by atoms with Crippen molar-refractivity contribution in [3.63, 3.8) is 0 Å². The van der Waals surface area contributed by atoms with E-state index >= 15 is 0 Å². The number of aliphatic hydroxyl groups excluding tert-OH is 1. The number of esters is 1. The molecule has 2 aliphatic carbocycles. The number of piperidine rings is 1. The van der Waals surface area contributed by atoms with Gasteiger partial charge >= 0.3 is 5.97 Å². The molecule has 9 heteroatoms. The molecule has 1 saturated heterocycles. The SMILES string of the molecule is C=C(c1cc(O)c2c3c1C[C@@H]1[C@@H]4C=C[C@H](O)[C@H](O2)[C@]34CCN1C)c1c(C)c(C(=O)OC(C)C)cc2cc(-c3ccnn3C)cn12. The molecule has 0 saturated carbocycles. The average molecular weight is 607 g/mol. The van der Waals surface area contributed by atoms with E-state index in [4.69, 9.17) is 9.47 Å². The summed E-state index contributed by atoms with van der Waals surface area (Å²) in [6.07, 6.45) is 7.92. The van der Waals surface area contributed by atoms with E-state index in [-0.39, 0.29) is 23.8 Å². The van der Waals surface area contributed by atoms with Crippen molar-refractivity contribution in [1.29, 1.82) is 0 Å². The number of phenolic OH excluding ortho intramolecular Hbond substituents is 1. The van der Waals surface area contributed by atoms with Crippen LogP contribution in [-0.2, 0) is 23.6 Å². The molecule has 1 fully saturated rings. The maximum absolute atomic E-state index is 13.4. The Morgan fingerprint density at radius 2 is 2.00 bits per heavy atom. The number of ether oxygens (including phenoxy) is 2. The summed E-state index contributed by atoms with van der Waals surface area (Å²) < 4.78 is 16.0. The molecule has 2 aliphatic heterocycles. The second kappa shape index (κ2) is 9.58. The third kappa shape index (κ3) is 3.74. The summed E-state index contributed by atoms with van der Waals surface area (Å²) in [4.78, 5) is 15.9. The van der Waals surface area contributed by atoms with Crippen LogP contribution in [0.1, 0.15) is 58.6 Å². The standard InChI is InChI=1S/C36H38N4O5/c1-18(2)44-35(43)24-14-22-13-21(27-9-11-37-39(27)6)17-40(22)32(20(24)4)19(3)23-16-30(42)33-31-25(23)15-28-26-7-8-29(41)34(45-33)36(26,31)10-12-38(28)5/h7-9,11,13-14,16-18,26,28-29,34,41-42H,3,10,12,15H2,1-2,4-6H3/t26-,28+,29-,34-,36-/m0/s1. The lowest BCUT2D eigenvalue weighted by Crippen LogP contribution is -2.64. The monoisotopic (exact) mass is 606 g/mol. The van der Waals surface area contributed by atoms with E-state index in [1.165, 1.54) is 0 Å². The van der Waals surface area contributed by atoms with Crippen LogP contribution in [0, 0.1) is 12.8 Å². The van der Waals surface area contributed by atoms with E-state index in [0.717, 1.165) is 64.1 Å². The quantitative estimate of drug-likeness (QED) is 0.249. The first-order valence-electron chi connectivity index (χ1n) is 15.7. The molecule has 1 aromatic carbocycles. The Morgan fingerprint density at radius 1 is 1.20 bits per heavy atom. The number of aliphatic hydroxyl groups is 1. The molecule has 5 atom stereocenters. The maximum atomic E-state index is 13.4. The van der Waals surface area contributed by atoms with E-state index < -0.39 is 23.6 Å². The predicted octanol–water partition coefficient (Wildman–Crippen LogP) is 4.79. The zero-order valence-electron chi connectivity index (χ0n) is 26.2. The van der Waals surface area contributed by atoms with Gasteiger partial charge in [-0.3, -0.25) is 4.68 Å². The van der Waals surface area contributed by atoms with Gasteiger partial charge in [0.2, 0.25) is 0 Å². The molecular formula is C36H38N4O5. The molecule has 0 radical (unpaired) electrons. The minimum atomic E-state index is -0.759. The molecule has 0 unspecified atom stereocenters. The van der Waals surface area contributed by atoms with Crippen LogP contribution in [0.5, 0.6) is 11.5 Å². The lowest BCUT2D eigenvalue weighted by molar-refractivity contribution is -0.0453. The van der Waals surface area contributed by atoms with E-state index in [1.54, 1.807) is 12.3 Å². The summed E-state index contributed by atoms with van der Waals surface area (Å²) in [5.74, 6) is 0.301. The molecule has 2 bridgehead atoms. The summed E-state index contributed by atoms with van der Waals surface area (Å²) in [5, 5.41) is 27.0. The summed E-state index contributed by atoms with van der Waals surface area (Å²) in [5.41, 5.74) is 7.88. The van der Waals surface area contributed by atoms with Gasteiger partial charge in [0, 0.05) is 53.5 Å². The van der Waals surface area contributed by atoms with Crippen molar-refractivity contribution in [2.24, 2.45) is 13.0 Å². The molecular weight excluding hydrogens is 568 g/mol. The Morgan fingerprint density at radius 3 is 2.73 bits per heavy atom. The van der Waals surface area contributed by atoms with E-state index in [1.807, 2.05) is 56.8 Å². The minimum Gasteiger partial charge on any atom is -0.504 e. The average Bonchev–Trinajstić information content (AvgIpc) is 3.70. The Bertz CT molecular complexity index is 1970. The van der Waals surface area contributed by atoms with Gasteiger partial charge in [0.05, 0.1) is 23.1 Å². The van der Waals surface area contributed by atoms with Crippen LogP contribution in [0.15, 0.2) is 55.4 Å². The fourth-order valence-corrected chi connectivity index (χ4v) is 8.73. The Labute approximate surface area is 262 Å². The van der Waals surface area contributed by atoms with Crippen molar-refractivity contribution in [3.05, 3.63) is 88.9 Å². The molecule has 8 rings (SSSR count). The molecule has 3 aromatic heterocycles. The van der Waals surface area contributed by atoms with Gasteiger partial charge in [-0.05, 0) is 93.7 Å². The number of aryl methyl sites for hydroxylation is 1. The fourth-order valence-electron chi connectivity index (χ4n) is 8.73. The van der Waals surface area contributed by atoms with Crippen LogP contribution < -0.4 is 4.74 Å². The number of hydrogen-bond donors (Lipinski definition) is 2. The van der Waals surface area contributed by atoms with Crippen LogP contribution in [0.25, 0.3) is 22.3 Å². The first kappa shape index (κ1) is 28.2. The smallest absolute Gasteiger partial charge is 0.338 e. The highest BCUT2D eigenvalue weighted by molar-refractivity contribution is 5.96. The van der Waals surface area contributed by atoms with Gasteiger partial charge in [0.1, 0.15) is 12.2 Å². The lowest BCUT2D eigenvalue weighted by Gasteiger charge is -2.56. The molecule has 4 aromatic rings. The Hall–Kier alpha value is -4.34. The number of benzene rings is 1. The van der Waals surface area contributed by atoms with Crippen molar-refractivity contribution < 1.29 is 24.5 Å². The van der Waals surface area contributed by atoms with Gasteiger partial charge in [-0.25, -0.2) is 4.79 Å². The molecule has 1 spiro atoms. The summed E-state index contributed by atoms with van der Waals surface area (Å²) in [6.45, 7) is 11.2. The van der Waals surface area contributed by atoms with Crippen LogP contribution in [-0.4, -0.2) is 73.2 Å². The van der Waals surface area contributed by atoms with Gasteiger partial charge in [0.25, 0.3) is 0 Å². The molecule has 45 heavy (non-hydrogen) atoms. The zero-order valence-corrected chi connectivity index (χ0v) is 26.2. The number of nitrogens with zero attached hydrogens (tertiary/aromatic N) is 4. The number of carbonyl (C=O) groups is 1. The lowest BCUT2D eigenvalue weighted by atomic mass is 9.53. The highest BCUT2D eigenvalue weighted by Crippen LogP contribution is 2.63. The van der Waals surface area contributed by atoms with Crippen molar-refractivity contribution in [3.8, 4) is 22.8 Å². The number of carbonyl (C=O) groups excluding carboxylic acids is 1. The minimum absolute atomic E-state index is 0.0457. The Balaban J connectivity index is 1.37. The van der Waals surface area contributed by atoms with Crippen molar-refractivity contribution in [2.75, 3.05) is 13.6 Å². The highest BCUT2D eigenvalue weighted by Gasteiger charge is 2.64. The molecule has 5 heterocycles. The first-order valence-corrected chi connectivity index (χ1v) is 15.7. The normalized spacial score (nSPS) is 26.3. The number of aromatic nitrogens is 3. The van der Waals surface area contributed by atoms with Crippen LogP contribution in [0.3, 0.4) is 0 Å². The largest absolute Gasteiger partial charge is 0.504 e. The third-order valence-electron chi connectivity index (χ3n) is 10.7. The summed E-state index contributed by atoms with van der Waals surface area (Å²) >= 11 is 0. The molecule has 232 valence electrons. The maximum Gasteiger partial charge on any atom is 0.338 e. The number of likely N-dealkylation sites (N-methyl/N-ethyl adjacent to an activating group) is 1. The van der Waals surface area contributed by atoms with Gasteiger partial charge in [0.15, 0.2) is 11.5 Å². The van der Waals surface area contributed by atoms with Crippen molar-refractivity contribution >= 4 is 17.1 Å². The van der Waals surface area contributed by atoms with E-state index in [0.29, 0.717) is 16.9 Å². The number of fused-ring (bicyclic) bond motifs is 1. The number of pyridine rings is 1. The second-order valence-corrected chi connectivity index (χ2v) is 13.4. The number of rotatable bonds is 5. The number of likely N-dealkylation sites (tertiary alicyclic amines) is 1. The van der Waals surface area contributed by atoms with Crippen molar-refractivity contribution in [2.45, 2.75) is 63.4 Å². The fraction of sp³-hybridized carbons (Fsp3) is 0.389. The van der Waals surface area contributed by atoms with Gasteiger partial charge < -0.3 is 29.0 Å². The summed E-state index contributed by atoms with van der Waals surface area (Å²) in [7, 11) is 4.07. The number of phenols is 1. The van der Waals surface area contributed by atoms with E-state index in [2.05, 4.69) is 40.3 Å². The van der Waals surface area contributed by atoms with Crippen molar-refractivity contribution in [1.82, 2.24) is 19.1 Å². The van der Waals surface area contributed by atoms with E-state index in [9.17, 15) is 15.0 Å². The molecule has 9 nitrogen and oxygen atoms in total. The van der Waals surface area contributed by atoms with Gasteiger partial charge in [-0.2, -0.15) is 5.10 Å². The summed E-state index contributed by atoms with van der Waals surface area (Å²) in [6, 6.07) is 7.84. The molecule has 2 N–H and O–H groups in total. The van der Waals surface area contributed by atoms with Crippen LogP contribution >= 0.6 is 0 Å². The Kier molecular flexibility index (Phi) is 5.99. The first-order chi connectivity index (χ1) is 21.5. The number of aromatic hydroxyl groups is 1. The number of hydrogen-bond acceptors (Lipinski definition) is 7. The predicted molar refractivity (Wildman–Crippen MR) is 171 cm³/mol. The van der Waals surface area contributed by atoms with Crippen LogP contribution in [0.2, 0.25) is 0 Å². The van der Waals surface area contributed by atoms with Crippen LogP contribution in [0.4, 0.5) is 0 Å². The second-order valence-electron chi connectivity index (χ2n) is 13.4.